The van der Waals surface area contributed by atoms with Gasteiger partial charge >= 0.3 is 0 Å². The molecule has 2 aliphatic rings. The predicted octanol–water partition coefficient (Wildman–Crippen LogP) is 1.81. The van der Waals surface area contributed by atoms with Crippen molar-refractivity contribution >= 4 is 23.2 Å². The molecule has 0 bridgehead atoms. The Hall–Kier alpha value is -1.35. The van der Waals surface area contributed by atoms with Crippen LogP contribution < -0.4 is 5.43 Å². The van der Waals surface area contributed by atoms with E-state index in [1.165, 1.54) is 0 Å². The van der Waals surface area contributed by atoms with Gasteiger partial charge in [0.2, 0.25) is 5.91 Å². The number of amides is 1. The number of hydrogen-bond donors (Lipinski definition) is 1. The van der Waals surface area contributed by atoms with Crippen molar-refractivity contribution in [2.45, 2.75) is 6.42 Å². The number of hydrogen-bond acceptors (Lipinski definition) is 2. The molecule has 15 heavy (non-hydrogen) atoms. The zero-order valence-electron chi connectivity index (χ0n) is 7.90. The lowest BCUT2D eigenvalue weighted by Gasteiger charge is -2.11. The van der Waals surface area contributed by atoms with E-state index in [1.54, 1.807) is 0 Å². The maximum absolute atomic E-state index is 11.2. The first-order valence-corrected chi connectivity index (χ1v) is 5.27. The van der Waals surface area contributed by atoms with Gasteiger partial charge in [0.05, 0.1) is 5.71 Å². The highest BCUT2D eigenvalue weighted by Gasteiger charge is 2.49. The van der Waals surface area contributed by atoms with Crippen molar-refractivity contribution in [3.8, 4) is 0 Å². The Morgan fingerprint density at radius 3 is 2.73 bits per heavy atom. The molecule has 76 valence electrons. The monoisotopic (exact) mass is 220 g/mol. The maximum Gasteiger partial charge on any atom is 0.243 e. The number of hydrazone groups is 1. The zero-order chi connectivity index (χ0) is 10.4. The van der Waals surface area contributed by atoms with Gasteiger partial charge in [-0.05, 0) is 24.1 Å². The van der Waals surface area contributed by atoms with E-state index in [9.17, 15) is 4.79 Å². The van der Waals surface area contributed by atoms with Crippen LogP contribution in [0.4, 0.5) is 0 Å². The number of halogens is 1. The Balaban J connectivity index is 1.95. The topological polar surface area (TPSA) is 41.5 Å². The van der Waals surface area contributed by atoms with Crippen LogP contribution in [-0.2, 0) is 4.79 Å². The lowest BCUT2D eigenvalue weighted by Crippen LogP contribution is -2.28. The second kappa shape index (κ2) is 3.07. The van der Waals surface area contributed by atoms with Gasteiger partial charge in [-0.3, -0.25) is 4.79 Å². The highest BCUT2D eigenvalue weighted by Crippen LogP contribution is 2.43. The third kappa shape index (κ3) is 1.43. The van der Waals surface area contributed by atoms with Crippen LogP contribution in [0.25, 0.3) is 0 Å². The number of rotatable bonds is 1. The van der Waals surface area contributed by atoms with Crippen molar-refractivity contribution in [3.05, 3.63) is 34.9 Å². The average molecular weight is 221 g/mol. The number of nitrogens with one attached hydrogen (secondary N) is 1. The lowest BCUT2D eigenvalue weighted by atomic mass is 10.0. The van der Waals surface area contributed by atoms with E-state index < -0.39 is 0 Å². The number of benzene rings is 1. The quantitative estimate of drug-likeness (QED) is 0.771. The van der Waals surface area contributed by atoms with Crippen LogP contribution in [0.3, 0.4) is 0 Å². The molecule has 1 saturated carbocycles. The molecule has 1 aliphatic heterocycles. The van der Waals surface area contributed by atoms with Gasteiger partial charge < -0.3 is 0 Å². The fourth-order valence-corrected chi connectivity index (χ4v) is 2.09. The van der Waals surface area contributed by atoms with Crippen LogP contribution in [-0.4, -0.2) is 11.6 Å². The molecule has 1 N–H and O–H groups in total. The van der Waals surface area contributed by atoms with Crippen LogP contribution in [0.15, 0.2) is 29.4 Å². The lowest BCUT2D eigenvalue weighted by molar-refractivity contribution is -0.122. The molecule has 1 heterocycles. The molecule has 3 nitrogen and oxygen atoms in total. The molecule has 1 fully saturated rings. The molecule has 1 aromatic carbocycles. The van der Waals surface area contributed by atoms with E-state index in [0.29, 0.717) is 10.9 Å². The van der Waals surface area contributed by atoms with Gasteiger partial charge in [0.25, 0.3) is 0 Å². The van der Waals surface area contributed by atoms with E-state index >= 15 is 0 Å². The molecule has 0 radical (unpaired) electrons. The molecule has 2 atom stereocenters. The Kier molecular flexibility index (Phi) is 1.83. The zero-order valence-corrected chi connectivity index (χ0v) is 8.66. The molecule has 1 aromatic rings. The van der Waals surface area contributed by atoms with Gasteiger partial charge in [0.15, 0.2) is 0 Å². The number of carbonyl (C=O) groups excluding carboxylic acids is 1. The third-order valence-electron chi connectivity index (χ3n) is 2.90. The van der Waals surface area contributed by atoms with E-state index in [-0.39, 0.29) is 11.8 Å². The first-order chi connectivity index (χ1) is 7.25. The predicted molar refractivity (Wildman–Crippen MR) is 57.7 cm³/mol. The Bertz CT molecular complexity index is 452. The maximum atomic E-state index is 11.2. The first kappa shape index (κ1) is 8.92. The summed E-state index contributed by atoms with van der Waals surface area (Å²) in [6.45, 7) is 0. The highest BCUT2D eigenvalue weighted by molar-refractivity contribution is 6.30. The SMILES string of the molecule is O=C1NN=C(c2ccc(Cl)cc2)[C@@H]2C[C@H]12. The number of fused-ring (bicyclic) bond motifs is 1. The van der Waals surface area contributed by atoms with Crippen molar-refractivity contribution < 1.29 is 4.79 Å². The number of nitrogens with zero attached hydrogens (tertiary/aromatic N) is 1. The summed E-state index contributed by atoms with van der Waals surface area (Å²) in [5.74, 6) is 0.519. The second-order valence-corrected chi connectivity index (χ2v) is 4.37. The fourth-order valence-electron chi connectivity index (χ4n) is 1.97. The minimum absolute atomic E-state index is 0.0534. The summed E-state index contributed by atoms with van der Waals surface area (Å²) in [6, 6.07) is 7.56. The molecular weight excluding hydrogens is 212 g/mol. The molecule has 0 unspecified atom stereocenters. The normalized spacial score (nSPS) is 27.8. The minimum Gasteiger partial charge on any atom is -0.273 e. The van der Waals surface area contributed by atoms with Gasteiger partial charge in [-0.25, -0.2) is 5.43 Å². The molecule has 4 heteroatoms. The van der Waals surface area contributed by atoms with Gasteiger partial charge in [-0.2, -0.15) is 5.10 Å². The molecule has 0 saturated heterocycles. The molecular formula is C11H9ClN2O. The van der Waals surface area contributed by atoms with Crippen LogP contribution in [0, 0.1) is 11.8 Å². The van der Waals surface area contributed by atoms with Crippen molar-refractivity contribution in [2.24, 2.45) is 16.9 Å². The summed E-state index contributed by atoms with van der Waals surface area (Å²) >= 11 is 5.81. The molecule has 0 spiro atoms. The standard InChI is InChI=1S/C11H9ClN2O/c12-7-3-1-6(2-4-7)10-8-5-9(8)11(15)14-13-10/h1-4,8-9H,5H2,(H,14,15)/t8-,9+/m1/s1. The first-order valence-electron chi connectivity index (χ1n) is 4.89. The van der Waals surface area contributed by atoms with Gasteiger partial charge in [0, 0.05) is 16.9 Å². The number of carbonyl (C=O) groups is 1. The van der Waals surface area contributed by atoms with Crippen LogP contribution >= 0.6 is 11.6 Å². The Morgan fingerprint density at radius 1 is 1.27 bits per heavy atom. The Morgan fingerprint density at radius 2 is 2.00 bits per heavy atom. The fraction of sp³-hybridized carbons (Fsp3) is 0.273. The van der Waals surface area contributed by atoms with E-state index in [1.807, 2.05) is 24.3 Å². The smallest absolute Gasteiger partial charge is 0.243 e. The van der Waals surface area contributed by atoms with E-state index in [2.05, 4.69) is 10.5 Å². The summed E-state index contributed by atoms with van der Waals surface area (Å²) in [7, 11) is 0. The molecule has 1 aliphatic carbocycles. The van der Waals surface area contributed by atoms with Gasteiger partial charge in [0.1, 0.15) is 0 Å². The average Bonchev–Trinajstić information content (AvgIpc) is 3.01. The van der Waals surface area contributed by atoms with Crippen LogP contribution in [0.1, 0.15) is 12.0 Å². The highest BCUT2D eigenvalue weighted by atomic mass is 35.5. The van der Waals surface area contributed by atoms with E-state index in [0.717, 1.165) is 17.7 Å². The van der Waals surface area contributed by atoms with Crippen molar-refractivity contribution in [2.75, 3.05) is 0 Å². The molecule has 0 aromatic heterocycles. The van der Waals surface area contributed by atoms with Crippen molar-refractivity contribution in [1.82, 2.24) is 5.43 Å². The largest absolute Gasteiger partial charge is 0.273 e. The van der Waals surface area contributed by atoms with Crippen LogP contribution in [0.2, 0.25) is 5.02 Å². The molecule has 3 rings (SSSR count). The van der Waals surface area contributed by atoms with Crippen molar-refractivity contribution in [1.29, 1.82) is 0 Å². The van der Waals surface area contributed by atoms with Gasteiger partial charge in [-0.1, -0.05) is 23.7 Å². The third-order valence-corrected chi connectivity index (χ3v) is 3.16. The summed E-state index contributed by atoms with van der Waals surface area (Å²) in [4.78, 5) is 11.2. The van der Waals surface area contributed by atoms with Gasteiger partial charge in [-0.15, -0.1) is 0 Å². The summed E-state index contributed by atoms with van der Waals surface area (Å²) < 4.78 is 0. The van der Waals surface area contributed by atoms with E-state index in [4.69, 9.17) is 11.6 Å². The van der Waals surface area contributed by atoms with Crippen molar-refractivity contribution in [3.63, 3.8) is 0 Å². The summed E-state index contributed by atoms with van der Waals surface area (Å²) in [6.07, 6.45) is 0.924. The second-order valence-electron chi connectivity index (χ2n) is 3.93. The molecule has 1 amide bonds. The van der Waals surface area contributed by atoms with Crippen LogP contribution in [0.5, 0.6) is 0 Å². The summed E-state index contributed by atoms with van der Waals surface area (Å²) in [5.41, 5.74) is 4.58. The minimum atomic E-state index is 0.0534. The Labute approximate surface area is 92.1 Å². The summed E-state index contributed by atoms with van der Waals surface area (Å²) in [5, 5.41) is 4.82.